The molecule has 1 aliphatic carbocycles. The van der Waals surface area contributed by atoms with E-state index >= 15 is 0 Å². The summed E-state index contributed by atoms with van der Waals surface area (Å²) in [5, 5.41) is 7.55. The highest BCUT2D eigenvalue weighted by atomic mass is 16.6. The van der Waals surface area contributed by atoms with Crippen molar-refractivity contribution < 1.29 is 9.53 Å². The Kier molecular flexibility index (Phi) is 6.03. The molecule has 1 spiro atoms. The van der Waals surface area contributed by atoms with Crippen LogP contribution < -0.4 is 10.6 Å². The van der Waals surface area contributed by atoms with E-state index in [0.717, 1.165) is 53.7 Å². The number of nitrogens with one attached hydrogen (secondary N) is 2. The van der Waals surface area contributed by atoms with Crippen LogP contribution in [0.25, 0.3) is 11.1 Å². The van der Waals surface area contributed by atoms with Crippen molar-refractivity contribution in [2.75, 3.05) is 10.6 Å². The normalized spacial score (nSPS) is 21.0. The van der Waals surface area contributed by atoms with Crippen LogP contribution in [0.1, 0.15) is 117 Å². The van der Waals surface area contributed by atoms with E-state index < -0.39 is 5.60 Å². The lowest BCUT2D eigenvalue weighted by molar-refractivity contribution is 0.0247. The molecule has 0 atom stereocenters. The molecule has 0 saturated carbocycles. The fraction of sp³-hybridized carbons (Fsp3) is 0.395. The Bertz CT molecular complexity index is 1610. The summed E-state index contributed by atoms with van der Waals surface area (Å²) >= 11 is 0. The first-order valence-corrected chi connectivity index (χ1v) is 15.6. The molecule has 0 aromatic heterocycles. The molecule has 0 amide bonds. The molecule has 3 aliphatic heterocycles. The van der Waals surface area contributed by atoms with Crippen molar-refractivity contribution in [3.05, 3.63) is 105 Å². The summed E-state index contributed by atoms with van der Waals surface area (Å²) in [7, 11) is 0. The van der Waals surface area contributed by atoms with Crippen LogP contribution in [0.4, 0.5) is 11.4 Å². The summed E-state index contributed by atoms with van der Waals surface area (Å²) < 4.78 is 6.80. The smallest absolute Gasteiger partial charge is 0.340 e. The molecular weight excluding hydrogens is 516 g/mol. The van der Waals surface area contributed by atoms with E-state index in [0.29, 0.717) is 5.56 Å². The molecule has 0 radical (unpaired) electrons. The lowest BCUT2D eigenvalue weighted by atomic mass is 9.73. The zero-order valence-electron chi connectivity index (χ0n) is 25.8. The molecular formula is C38H42N2O2. The van der Waals surface area contributed by atoms with Gasteiger partial charge in [0.2, 0.25) is 0 Å². The van der Waals surface area contributed by atoms with Crippen LogP contribution >= 0.6 is 0 Å². The highest BCUT2D eigenvalue weighted by Crippen LogP contribution is 2.53. The van der Waals surface area contributed by atoms with Crippen LogP contribution in [0.3, 0.4) is 0 Å². The monoisotopic (exact) mass is 558 g/mol. The lowest BCUT2D eigenvalue weighted by Gasteiger charge is -2.38. The van der Waals surface area contributed by atoms with Crippen molar-refractivity contribution in [1.82, 2.24) is 0 Å². The fourth-order valence-electron chi connectivity index (χ4n) is 7.97. The van der Waals surface area contributed by atoms with E-state index in [9.17, 15) is 4.79 Å². The molecule has 4 aliphatic rings. The Labute approximate surface area is 250 Å². The number of esters is 1. The predicted molar refractivity (Wildman–Crippen MR) is 173 cm³/mol. The van der Waals surface area contributed by atoms with Crippen molar-refractivity contribution in [2.24, 2.45) is 0 Å². The molecule has 42 heavy (non-hydrogen) atoms. The summed E-state index contributed by atoms with van der Waals surface area (Å²) in [5.41, 5.74) is 12.2. The van der Waals surface area contributed by atoms with E-state index in [2.05, 4.69) is 94.7 Å². The van der Waals surface area contributed by atoms with Crippen LogP contribution in [0.15, 0.2) is 60.7 Å². The number of aryl methyl sites for hydroxylation is 2. The SMILES string of the molecule is CC1=CC(C)(C)Nc2cc3c(cc21)C1(OC(=O)c2ccccc21)c1cc2c(cc1CCCCCC3)NC(C)(C)C=C2C. The third-order valence-electron chi connectivity index (χ3n) is 9.58. The number of carbonyl (C=O) groups excluding carboxylic acids is 1. The van der Waals surface area contributed by atoms with Gasteiger partial charge in [-0.25, -0.2) is 4.79 Å². The van der Waals surface area contributed by atoms with E-state index in [1.807, 2.05) is 18.2 Å². The molecule has 4 heteroatoms. The topological polar surface area (TPSA) is 50.4 Å². The summed E-state index contributed by atoms with van der Waals surface area (Å²) in [6.45, 7) is 13.3. The molecule has 3 aromatic carbocycles. The van der Waals surface area contributed by atoms with Crippen molar-refractivity contribution in [3.63, 3.8) is 0 Å². The van der Waals surface area contributed by atoms with Crippen LogP contribution in [-0.2, 0) is 23.2 Å². The van der Waals surface area contributed by atoms with Gasteiger partial charge in [0.1, 0.15) is 0 Å². The van der Waals surface area contributed by atoms with Crippen LogP contribution in [0.2, 0.25) is 0 Å². The minimum Gasteiger partial charge on any atom is -0.441 e. The Hall–Kier alpha value is -3.79. The van der Waals surface area contributed by atoms with E-state index in [4.69, 9.17) is 4.74 Å². The van der Waals surface area contributed by atoms with Crippen LogP contribution in [0.5, 0.6) is 0 Å². The quantitative estimate of drug-likeness (QED) is 0.270. The van der Waals surface area contributed by atoms with Gasteiger partial charge in [0.05, 0.1) is 16.6 Å². The molecule has 0 bridgehead atoms. The standard InChI is InChI=1S/C38H42N2O2/c1-23-21-36(3,4)39-33-17-25-13-9-7-8-10-14-26-18-34-29(24(2)22-37(5,6)40-34)20-32(26)38(31(25)19-28(23)33)30-16-12-11-15-27(30)35(41)42-38/h11-12,15-22,39-40H,7-10,13-14H2,1-6H3. The summed E-state index contributed by atoms with van der Waals surface area (Å²) in [6, 6.07) is 17.4. The van der Waals surface area contributed by atoms with Gasteiger partial charge in [0.25, 0.3) is 0 Å². The van der Waals surface area contributed by atoms with Gasteiger partial charge < -0.3 is 15.4 Å². The third-order valence-corrected chi connectivity index (χ3v) is 9.58. The van der Waals surface area contributed by atoms with E-state index in [1.165, 1.54) is 46.2 Å². The van der Waals surface area contributed by atoms with Crippen LogP contribution in [-0.4, -0.2) is 17.0 Å². The van der Waals surface area contributed by atoms with Gasteiger partial charge in [-0.2, -0.15) is 0 Å². The zero-order chi connectivity index (χ0) is 29.4. The third kappa shape index (κ3) is 4.21. The molecule has 7 rings (SSSR count). The predicted octanol–water partition coefficient (Wildman–Crippen LogP) is 9.02. The first-order chi connectivity index (χ1) is 20.0. The minimum atomic E-state index is -1.02. The fourth-order valence-corrected chi connectivity index (χ4v) is 7.97. The average Bonchev–Trinajstić information content (AvgIpc) is 3.20. The highest BCUT2D eigenvalue weighted by Gasteiger charge is 2.51. The second kappa shape index (κ2) is 9.36. The molecule has 0 unspecified atom stereocenters. The second-order valence-corrected chi connectivity index (χ2v) is 14.0. The molecule has 216 valence electrons. The summed E-state index contributed by atoms with van der Waals surface area (Å²) in [6.07, 6.45) is 11.1. The number of anilines is 2. The number of carbonyl (C=O) groups is 1. The van der Waals surface area contributed by atoms with Gasteiger partial charge in [-0.3, -0.25) is 0 Å². The maximum Gasteiger partial charge on any atom is 0.340 e. The molecule has 3 aromatic rings. The zero-order valence-corrected chi connectivity index (χ0v) is 25.8. The van der Waals surface area contributed by atoms with Gasteiger partial charge in [-0.05, 0) is 120 Å². The van der Waals surface area contributed by atoms with E-state index in [1.54, 1.807) is 0 Å². The number of fused-ring (bicyclic) bond motifs is 8. The molecule has 4 nitrogen and oxygen atoms in total. The first-order valence-electron chi connectivity index (χ1n) is 15.6. The summed E-state index contributed by atoms with van der Waals surface area (Å²) in [5.74, 6) is -0.245. The molecule has 0 fully saturated rings. The number of allylic oxidation sites excluding steroid dienone is 2. The Morgan fingerprint density at radius 3 is 1.67 bits per heavy atom. The van der Waals surface area contributed by atoms with Crippen molar-refractivity contribution in [1.29, 1.82) is 0 Å². The number of hydrogen-bond donors (Lipinski definition) is 2. The Morgan fingerprint density at radius 2 is 1.14 bits per heavy atom. The highest BCUT2D eigenvalue weighted by molar-refractivity contribution is 5.97. The second-order valence-electron chi connectivity index (χ2n) is 14.0. The van der Waals surface area contributed by atoms with Gasteiger partial charge in [-0.15, -0.1) is 0 Å². The first kappa shape index (κ1) is 27.1. The Balaban J connectivity index is 1.58. The number of benzene rings is 3. The number of hydrogen-bond acceptors (Lipinski definition) is 4. The Morgan fingerprint density at radius 1 is 0.643 bits per heavy atom. The molecule has 3 heterocycles. The minimum absolute atomic E-state index is 0.126. The van der Waals surface area contributed by atoms with Crippen molar-refractivity contribution >= 4 is 28.5 Å². The summed E-state index contributed by atoms with van der Waals surface area (Å²) in [4.78, 5) is 13.8. The van der Waals surface area contributed by atoms with Gasteiger partial charge in [0, 0.05) is 39.2 Å². The lowest BCUT2D eigenvalue weighted by Crippen LogP contribution is -2.35. The molecule has 0 saturated heterocycles. The van der Waals surface area contributed by atoms with Gasteiger partial charge >= 0.3 is 5.97 Å². The largest absolute Gasteiger partial charge is 0.441 e. The van der Waals surface area contributed by atoms with Crippen molar-refractivity contribution in [2.45, 2.75) is 96.7 Å². The van der Waals surface area contributed by atoms with Gasteiger partial charge in [0.15, 0.2) is 5.60 Å². The maximum atomic E-state index is 13.8. The average molecular weight is 559 g/mol. The van der Waals surface area contributed by atoms with E-state index in [-0.39, 0.29) is 17.0 Å². The molecule has 2 N–H and O–H groups in total. The number of rotatable bonds is 0. The van der Waals surface area contributed by atoms with Crippen molar-refractivity contribution in [3.8, 4) is 0 Å². The maximum absolute atomic E-state index is 13.8. The van der Waals surface area contributed by atoms with Gasteiger partial charge in [-0.1, -0.05) is 43.2 Å². The van der Waals surface area contributed by atoms with Crippen LogP contribution in [0, 0.1) is 0 Å². The number of ether oxygens (including phenoxy) is 1.